The molecule has 1 amide bonds. The van der Waals surface area contributed by atoms with E-state index in [0.29, 0.717) is 25.3 Å². The topological polar surface area (TPSA) is 109 Å². The molecule has 204 valence electrons. The number of nitrogens with one attached hydrogen (secondary N) is 1. The lowest BCUT2D eigenvalue weighted by molar-refractivity contribution is 0.0110. The Labute approximate surface area is 228 Å². The summed E-state index contributed by atoms with van der Waals surface area (Å²) in [5.41, 5.74) is 5.13. The molecular weight excluding hydrogens is 494 g/mol. The van der Waals surface area contributed by atoms with Gasteiger partial charge in [-0.2, -0.15) is 0 Å². The third kappa shape index (κ3) is 6.17. The van der Waals surface area contributed by atoms with Crippen molar-refractivity contribution >= 4 is 17.1 Å². The number of rotatable bonds is 6. The van der Waals surface area contributed by atoms with Crippen molar-refractivity contribution in [1.82, 2.24) is 34.7 Å². The van der Waals surface area contributed by atoms with Crippen LogP contribution < -0.4 is 4.74 Å². The van der Waals surface area contributed by atoms with Gasteiger partial charge in [0.25, 0.3) is 0 Å². The molecule has 3 aromatic heterocycles. The first-order chi connectivity index (χ1) is 18.7. The van der Waals surface area contributed by atoms with Crippen LogP contribution in [-0.2, 0) is 11.2 Å². The van der Waals surface area contributed by atoms with Crippen molar-refractivity contribution in [2.24, 2.45) is 0 Å². The number of methoxy groups -OCH3 is 1. The first-order valence-electron chi connectivity index (χ1n) is 13.2. The van der Waals surface area contributed by atoms with Crippen LogP contribution in [0.2, 0.25) is 0 Å². The Balaban J connectivity index is 1.25. The summed E-state index contributed by atoms with van der Waals surface area (Å²) in [5.74, 6) is 1.47. The SMILES string of the molecule is COc1cncnc1-c1ccc2nc(Cc3cc(C(C)N4CCN(C(=O)OC(C)(C)C)CC4)ccn3)[nH]c2c1. The predicted molar refractivity (Wildman–Crippen MR) is 149 cm³/mol. The smallest absolute Gasteiger partial charge is 0.410 e. The number of aromatic nitrogens is 5. The van der Waals surface area contributed by atoms with Crippen LogP contribution in [0.25, 0.3) is 22.3 Å². The Hall–Kier alpha value is -4.05. The maximum absolute atomic E-state index is 12.4. The van der Waals surface area contributed by atoms with Gasteiger partial charge in [-0.15, -0.1) is 0 Å². The van der Waals surface area contributed by atoms with E-state index in [9.17, 15) is 4.79 Å². The van der Waals surface area contributed by atoms with Gasteiger partial charge in [-0.25, -0.2) is 19.7 Å². The zero-order chi connectivity index (χ0) is 27.6. The number of fused-ring (bicyclic) bond motifs is 1. The molecule has 1 atom stereocenters. The molecule has 1 aliphatic rings. The summed E-state index contributed by atoms with van der Waals surface area (Å²) in [5, 5.41) is 0. The fourth-order valence-corrected chi connectivity index (χ4v) is 4.83. The van der Waals surface area contributed by atoms with Crippen LogP contribution in [0.1, 0.15) is 50.8 Å². The van der Waals surface area contributed by atoms with Crippen LogP contribution in [0.4, 0.5) is 4.79 Å². The number of piperazine rings is 1. The van der Waals surface area contributed by atoms with Crippen LogP contribution in [0.5, 0.6) is 5.75 Å². The maximum atomic E-state index is 12.4. The highest BCUT2D eigenvalue weighted by molar-refractivity contribution is 5.82. The Bertz CT molecular complexity index is 1450. The van der Waals surface area contributed by atoms with Gasteiger partial charge in [-0.05, 0) is 57.5 Å². The number of ether oxygens (including phenoxy) is 2. The lowest BCUT2D eigenvalue weighted by atomic mass is 10.1. The number of pyridine rings is 1. The van der Waals surface area contributed by atoms with Gasteiger partial charge in [-0.3, -0.25) is 9.88 Å². The molecule has 4 aromatic rings. The molecule has 4 heterocycles. The van der Waals surface area contributed by atoms with Gasteiger partial charge in [0.1, 0.15) is 23.4 Å². The molecule has 0 radical (unpaired) electrons. The zero-order valence-electron chi connectivity index (χ0n) is 23.1. The minimum Gasteiger partial charge on any atom is -0.493 e. The van der Waals surface area contributed by atoms with E-state index < -0.39 is 5.60 Å². The minimum atomic E-state index is -0.485. The van der Waals surface area contributed by atoms with E-state index in [2.05, 4.69) is 43.9 Å². The summed E-state index contributed by atoms with van der Waals surface area (Å²) in [6.45, 7) is 10.8. The number of hydrogen-bond donors (Lipinski definition) is 1. The number of H-pyrrole nitrogens is 1. The molecule has 10 nitrogen and oxygen atoms in total. The summed E-state index contributed by atoms with van der Waals surface area (Å²) in [4.78, 5) is 37.9. The van der Waals surface area contributed by atoms with Gasteiger partial charge < -0.3 is 19.4 Å². The van der Waals surface area contributed by atoms with Gasteiger partial charge in [0, 0.05) is 56.1 Å². The van der Waals surface area contributed by atoms with Gasteiger partial charge in [0.05, 0.1) is 24.3 Å². The van der Waals surface area contributed by atoms with Crippen molar-refractivity contribution in [3.63, 3.8) is 0 Å². The van der Waals surface area contributed by atoms with E-state index >= 15 is 0 Å². The number of aromatic amines is 1. The molecule has 1 N–H and O–H groups in total. The summed E-state index contributed by atoms with van der Waals surface area (Å²) < 4.78 is 10.9. The fourth-order valence-electron chi connectivity index (χ4n) is 4.83. The van der Waals surface area contributed by atoms with Crippen molar-refractivity contribution in [2.45, 2.75) is 45.8 Å². The van der Waals surface area contributed by atoms with E-state index in [1.54, 1.807) is 18.2 Å². The van der Waals surface area contributed by atoms with Crippen molar-refractivity contribution in [1.29, 1.82) is 0 Å². The second kappa shape index (κ2) is 11.0. The largest absolute Gasteiger partial charge is 0.493 e. The van der Waals surface area contributed by atoms with E-state index in [-0.39, 0.29) is 12.1 Å². The highest BCUT2D eigenvalue weighted by Crippen LogP contribution is 2.29. The average molecular weight is 530 g/mol. The molecule has 1 unspecified atom stereocenters. The number of carbonyl (C=O) groups excluding carboxylic acids is 1. The van der Waals surface area contributed by atoms with Gasteiger partial charge in [-0.1, -0.05) is 6.07 Å². The molecular formula is C29H35N7O3. The van der Waals surface area contributed by atoms with Crippen molar-refractivity contribution < 1.29 is 14.3 Å². The second-order valence-corrected chi connectivity index (χ2v) is 10.8. The Morgan fingerprint density at radius 2 is 1.90 bits per heavy atom. The number of nitrogens with zero attached hydrogens (tertiary/aromatic N) is 6. The number of carbonyl (C=O) groups is 1. The molecule has 1 saturated heterocycles. The Morgan fingerprint density at radius 3 is 2.64 bits per heavy atom. The van der Waals surface area contributed by atoms with E-state index in [1.807, 2.05) is 45.2 Å². The molecule has 0 bridgehead atoms. The number of amides is 1. The highest BCUT2D eigenvalue weighted by Gasteiger charge is 2.28. The van der Waals surface area contributed by atoms with Crippen molar-refractivity contribution in [3.05, 3.63) is 66.1 Å². The summed E-state index contributed by atoms with van der Waals surface area (Å²) in [6.07, 6.45) is 5.38. The molecule has 10 heteroatoms. The van der Waals surface area contributed by atoms with Crippen molar-refractivity contribution in [2.75, 3.05) is 33.3 Å². The number of imidazole rings is 1. The van der Waals surface area contributed by atoms with E-state index in [0.717, 1.165) is 46.9 Å². The van der Waals surface area contributed by atoms with E-state index in [1.165, 1.54) is 11.9 Å². The summed E-state index contributed by atoms with van der Waals surface area (Å²) in [6, 6.07) is 10.4. The van der Waals surface area contributed by atoms with Gasteiger partial charge in [0.2, 0.25) is 0 Å². The Kier molecular flexibility index (Phi) is 7.47. The van der Waals surface area contributed by atoms with Crippen LogP contribution in [0, 0.1) is 0 Å². The van der Waals surface area contributed by atoms with Crippen LogP contribution in [0.3, 0.4) is 0 Å². The summed E-state index contributed by atoms with van der Waals surface area (Å²) in [7, 11) is 1.61. The molecule has 1 fully saturated rings. The molecule has 0 saturated carbocycles. The lowest BCUT2D eigenvalue weighted by Gasteiger charge is -2.38. The predicted octanol–water partition coefficient (Wildman–Crippen LogP) is 4.63. The number of hydrogen-bond acceptors (Lipinski definition) is 8. The quantitative estimate of drug-likeness (QED) is 0.385. The monoisotopic (exact) mass is 529 g/mol. The first-order valence-corrected chi connectivity index (χ1v) is 13.2. The van der Waals surface area contributed by atoms with E-state index in [4.69, 9.17) is 14.5 Å². The molecule has 1 aliphatic heterocycles. The lowest BCUT2D eigenvalue weighted by Crippen LogP contribution is -2.50. The summed E-state index contributed by atoms with van der Waals surface area (Å²) >= 11 is 0. The molecule has 1 aromatic carbocycles. The van der Waals surface area contributed by atoms with Gasteiger partial charge in [0.15, 0.2) is 5.75 Å². The number of benzene rings is 1. The normalized spacial score (nSPS) is 15.4. The van der Waals surface area contributed by atoms with Crippen LogP contribution >= 0.6 is 0 Å². The second-order valence-electron chi connectivity index (χ2n) is 10.8. The maximum Gasteiger partial charge on any atom is 0.410 e. The van der Waals surface area contributed by atoms with Crippen LogP contribution in [-0.4, -0.2) is 79.7 Å². The van der Waals surface area contributed by atoms with Crippen LogP contribution in [0.15, 0.2) is 49.1 Å². The zero-order valence-corrected chi connectivity index (χ0v) is 23.1. The fraction of sp³-hybridized carbons (Fsp3) is 0.414. The van der Waals surface area contributed by atoms with Gasteiger partial charge >= 0.3 is 6.09 Å². The third-order valence-electron chi connectivity index (χ3n) is 6.89. The highest BCUT2D eigenvalue weighted by atomic mass is 16.6. The third-order valence-corrected chi connectivity index (χ3v) is 6.89. The molecule has 5 rings (SSSR count). The first kappa shape index (κ1) is 26.6. The molecule has 0 spiro atoms. The van der Waals surface area contributed by atoms with Crippen molar-refractivity contribution in [3.8, 4) is 17.0 Å². The molecule has 39 heavy (non-hydrogen) atoms. The molecule has 0 aliphatic carbocycles. The standard InChI is InChI=1S/C29H35N7O3/c1-19(35-10-12-36(13-11-35)28(37)39-29(2,3)4)20-8-9-31-22(14-20)16-26-33-23-7-6-21(15-24(23)34-26)27-25(38-5)17-30-18-32-27/h6-9,14-15,17-19H,10-13,16H2,1-5H3,(H,33,34). The Morgan fingerprint density at radius 1 is 1.10 bits per heavy atom. The minimum absolute atomic E-state index is 0.202. The average Bonchev–Trinajstić information content (AvgIpc) is 3.33.